The molecule has 1 nitrogen and oxygen atoms in total. The molecule has 122 valence electrons. The second kappa shape index (κ2) is 9.63. The van der Waals surface area contributed by atoms with Crippen molar-refractivity contribution in [2.45, 2.75) is 91.0 Å². The molecule has 1 N–H and O–H groups in total. The maximum Gasteiger partial charge on any atom is 0.0414 e. The fourth-order valence-electron chi connectivity index (χ4n) is 2.66. The van der Waals surface area contributed by atoms with Gasteiger partial charge in [-0.15, -0.1) is 11.3 Å². The van der Waals surface area contributed by atoms with Gasteiger partial charge in [-0.25, -0.2) is 0 Å². The Kier molecular flexibility index (Phi) is 8.58. The van der Waals surface area contributed by atoms with Crippen molar-refractivity contribution in [1.29, 1.82) is 0 Å². The van der Waals surface area contributed by atoms with Gasteiger partial charge < -0.3 is 5.32 Å². The fraction of sp³-hybridized carbons (Fsp3) is 0.789. The third-order valence-corrected chi connectivity index (χ3v) is 5.63. The second-order valence-corrected chi connectivity index (χ2v) is 8.23. The van der Waals surface area contributed by atoms with Gasteiger partial charge in [0.2, 0.25) is 0 Å². The Morgan fingerprint density at radius 3 is 2.24 bits per heavy atom. The zero-order valence-corrected chi connectivity index (χ0v) is 15.6. The van der Waals surface area contributed by atoms with Crippen molar-refractivity contribution in [3.05, 3.63) is 21.9 Å². The molecule has 0 bridgehead atoms. The molecule has 0 aliphatic heterocycles. The predicted molar refractivity (Wildman–Crippen MR) is 97.4 cm³/mol. The molecular formula is C19H35NS. The molecule has 0 aromatic carbocycles. The molecule has 1 aromatic rings. The highest BCUT2D eigenvalue weighted by atomic mass is 32.1. The topological polar surface area (TPSA) is 12.0 Å². The van der Waals surface area contributed by atoms with Crippen LogP contribution >= 0.6 is 11.3 Å². The van der Waals surface area contributed by atoms with Crippen LogP contribution in [0, 0.1) is 0 Å². The maximum absolute atomic E-state index is 3.68. The van der Waals surface area contributed by atoms with E-state index < -0.39 is 0 Å². The maximum atomic E-state index is 3.68. The summed E-state index contributed by atoms with van der Waals surface area (Å²) in [7, 11) is 0. The number of rotatable bonds is 10. The van der Waals surface area contributed by atoms with E-state index in [1.165, 1.54) is 54.7 Å². The minimum absolute atomic E-state index is 0.278. The van der Waals surface area contributed by atoms with Gasteiger partial charge in [0.05, 0.1) is 0 Å². The third-order valence-electron chi connectivity index (χ3n) is 4.01. The first-order valence-corrected chi connectivity index (χ1v) is 9.64. The van der Waals surface area contributed by atoms with Crippen LogP contribution in [0.25, 0.3) is 0 Å². The Morgan fingerprint density at radius 1 is 1.00 bits per heavy atom. The summed E-state index contributed by atoms with van der Waals surface area (Å²) in [6, 6.07) is 5.23. The Balaban J connectivity index is 2.47. The lowest BCUT2D eigenvalue weighted by Crippen LogP contribution is -2.19. The average Bonchev–Trinajstić information content (AvgIpc) is 2.91. The largest absolute Gasteiger partial charge is 0.310 e. The van der Waals surface area contributed by atoms with Crippen LogP contribution in [0.3, 0.4) is 0 Å². The van der Waals surface area contributed by atoms with Gasteiger partial charge in [0, 0.05) is 15.8 Å². The van der Waals surface area contributed by atoms with Crippen molar-refractivity contribution >= 4 is 11.3 Å². The summed E-state index contributed by atoms with van der Waals surface area (Å²) in [5.41, 5.74) is 0.278. The van der Waals surface area contributed by atoms with Crippen LogP contribution in [-0.4, -0.2) is 6.54 Å². The Labute approximate surface area is 136 Å². The number of hydrogen-bond acceptors (Lipinski definition) is 2. The molecule has 0 aliphatic carbocycles. The van der Waals surface area contributed by atoms with E-state index >= 15 is 0 Å². The standard InChI is InChI=1S/C19H35NS/c1-6-8-9-10-11-12-13-16(20-7-2)17-14-15-18(21-17)19(3,4)5/h14-16,20H,6-13H2,1-5H3. The SMILES string of the molecule is CCCCCCCCC(NCC)c1ccc(C(C)(C)C)s1. The summed E-state index contributed by atoms with van der Waals surface area (Å²) < 4.78 is 0. The average molecular weight is 310 g/mol. The van der Waals surface area contributed by atoms with Crippen LogP contribution in [0.2, 0.25) is 0 Å². The molecular weight excluding hydrogens is 274 g/mol. The molecule has 0 amide bonds. The van der Waals surface area contributed by atoms with Crippen LogP contribution < -0.4 is 5.32 Å². The second-order valence-electron chi connectivity index (χ2n) is 7.12. The lowest BCUT2D eigenvalue weighted by atomic mass is 9.95. The van der Waals surface area contributed by atoms with Crippen molar-refractivity contribution < 1.29 is 0 Å². The Hall–Kier alpha value is -0.340. The van der Waals surface area contributed by atoms with Crippen LogP contribution in [0.1, 0.15) is 95.4 Å². The summed E-state index contributed by atoms with van der Waals surface area (Å²) in [5, 5.41) is 3.68. The monoisotopic (exact) mass is 309 g/mol. The predicted octanol–water partition coefficient (Wildman–Crippen LogP) is 6.45. The molecule has 1 heterocycles. The van der Waals surface area contributed by atoms with Crippen molar-refractivity contribution in [2.75, 3.05) is 6.54 Å². The summed E-state index contributed by atoms with van der Waals surface area (Å²) in [5.74, 6) is 0. The molecule has 0 aliphatic rings. The van der Waals surface area contributed by atoms with Gasteiger partial charge in [0.25, 0.3) is 0 Å². The molecule has 1 unspecified atom stereocenters. The minimum Gasteiger partial charge on any atom is -0.310 e. The van der Waals surface area contributed by atoms with Gasteiger partial charge in [-0.2, -0.15) is 0 Å². The van der Waals surface area contributed by atoms with E-state index in [4.69, 9.17) is 0 Å². The number of nitrogens with one attached hydrogen (secondary N) is 1. The van der Waals surface area contributed by atoms with Gasteiger partial charge >= 0.3 is 0 Å². The quantitative estimate of drug-likeness (QED) is 0.490. The van der Waals surface area contributed by atoms with Crippen molar-refractivity contribution in [3.63, 3.8) is 0 Å². The highest BCUT2D eigenvalue weighted by molar-refractivity contribution is 7.12. The van der Waals surface area contributed by atoms with E-state index in [9.17, 15) is 0 Å². The first-order valence-electron chi connectivity index (χ1n) is 8.82. The van der Waals surface area contributed by atoms with Gasteiger partial charge in [0.1, 0.15) is 0 Å². The minimum atomic E-state index is 0.278. The summed E-state index contributed by atoms with van der Waals surface area (Å²) in [6.07, 6.45) is 9.58. The molecule has 1 rings (SSSR count). The lowest BCUT2D eigenvalue weighted by molar-refractivity contribution is 0.482. The van der Waals surface area contributed by atoms with E-state index in [2.05, 4.69) is 52.1 Å². The van der Waals surface area contributed by atoms with Gasteiger partial charge in [0.15, 0.2) is 0 Å². The number of hydrogen-bond donors (Lipinski definition) is 1. The molecule has 0 fully saturated rings. The van der Waals surface area contributed by atoms with E-state index in [1.54, 1.807) is 0 Å². The smallest absolute Gasteiger partial charge is 0.0414 e. The van der Waals surface area contributed by atoms with Crippen LogP contribution in [-0.2, 0) is 5.41 Å². The van der Waals surface area contributed by atoms with Crippen molar-refractivity contribution in [3.8, 4) is 0 Å². The Bertz CT molecular complexity index is 375. The van der Waals surface area contributed by atoms with Gasteiger partial charge in [-0.3, -0.25) is 0 Å². The van der Waals surface area contributed by atoms with Gasteiger partial charge in [-0.05, 0) is 30.5 Å². The molecule has 1 aromatic heterocycles. The van der Waals surface area contributed by atoms with E-state index in [1.807, 2.05) is 11.3 Å². The highest BCUT2D eigenvalue weighted by Gasteiger charge is 2.19. The van der Waals surface area contributed by atoms with Gasteiger partial charge in [-0.1, -0.05) is 73.1 Å². The van der Waals surface area contributed by atoms with E-state index in [-0.39, 0.29) is 5.41 Å². The zero-order chi connectivity index (χ0) is 15.7. The van der Waals surface area contributed by atoms with Crippen LogP contribution in [0.15, 0.2) is 12.1 Å². The number of unbranched alkanes of at least 4 members (excludes halogenated alkanes) is 5. The first-order chi connectivity index (χ1) is 9.99. The summed E-state index contributed by atoms with van der Waals surface area (Å²) in [4.78, 5) is 3.03. The van der Waals surface area contributed by atoms with Crippen molar-refractivity contribution in [2.24, 2.45) is 0 Å². The normalized spacial score (nSPS) is 13.6. The van der Waals surface area contributed by atoms with Crippen LogP contribution in [0.5, 0.6) is 0 Å². The molecule has 0 spiro atoms. The van der Waals surface area contributed by atoms with E-state index in [0.29, 0.717) is 6.04 Å². The summed E-state index contributed by atoms with van der Waals surface area (Å²) in [6.45, 7) is 12.5. The molecule has 0 radical (unpaired) electrons. The number of thiophene rings is 1. The van der Waals surface area contributed by atoms with Crippen LogP contribution in [0.4, 0.5) is 0 Å². The zero-order valence-electron chi connectivity index (χ0n) is 14.8. The lowest BCUT2D eigenvalue weighted by Gasteiger charge is -2.18. The fourth-order valence-corrected chi connectivity index (χ4v) is 3.84. The highest BCUT2D eigenvalue weighted by Crippen LogP contribution is 2.34. The molecule has 2 heteroatoms. The molecule has 1 atom stereocenters. The van der Waals surface area contributed by atoms with Crippen molar-refractivity contribution in [1.82, 2.24) is 5.32 Å². The van der Waals surface area contributed by atoms with E-state index in [0.717, 1.165) is 6.54 Å². The summed E-state index contributed by atoms with van der Waals surface area (Å²) >= 11 is 2.00. The third kappa shape index (κ3) is 6.97. The first kappa shape index (κ1) is 18.7. The Morgan fingerprint density at radius 2 is 1.67 bits per heavy atom. The molecule has 0 saturated carbocycles. The molecule has 21 heavy (non-hydrogen) atoms. The molecule has 0 saturated heterocycles.